The molecule has 4 atom stereocenters. The normalized spacial score (nSPS) is 29.8. The lowest BCUT2D eigenvalue weighted by Gasteiger charge is -2.28. The highest BCUT2D eigenvalue weighted by molar-refractivity contribution is 7.89. The van der Waals surface area contributed by atoms with Crippen LogP contribution in [0.25, 0.3) is 0 Å². The molecule has 3 fully saturated rings. The van der Waals surface area contributed by atoms with Crippen molar-refractivity contribution in [3.63, 3.8) is 0 Å². The number of benzene rings is 1. The molecule has 1 saturated heterocycles. The third-order valence-electron chi connectivity index (χ3n) is 6.61. The lowest BCUT2D eigenvalue weighted by atomic mass is 9.84. The largest absolute Gasteiger partial charge is 0.349 e. The van der Waals surface area contributed by atoms with Gasteiger partial charge in [0.05, 0.1) is 4.90 Å². The van der Waals surface area contributed by atoms with Gasteiger partial charge in [-0.3, -0.25) is 4.79 Å². The first-order valence-electron chi connectivity index (χ1n) is 9.86. The highest BCUT2D eigenvalue weighted by Crippen LogP contribution is 2.49. The molecule has 0 radical (unpaired) electrons. The molecule has 2 bridgehead atoms. The first-order chi connectivity index (χ1) is 12.4. The maximum Gasteiger partial charge on any atom is 0.251 e. The van der Waals surface area contributed by atoms with Crippen LogP contribution < -0.4 is 5.32 Å². The second-order valence-corrected chi connectivity index (χ2v) is 10.2. The van der Waals surface area contributed by atoms with Crippen LogP contribution in [0.15, 0.2) is 29.2 Å². The van der Waals surface area contributed by atoms with Crippen LogP contribution in [0.3, 0.4) is 0 Å². The number of hydrogen-bond acceptors (Lipinski definition) is 3. The number of nitrogens with zero attached hydrogens (tertiary/aromatic N) is 1. The van der Waals surface area contributed by atoms with Crippen LogP contribution in [0.1, 0.15) is 55.8 Å². The Labute approximate surface area is 156 Å². The van der Waals surface area contributed by atoms with Crippen molar-refractivity contribution in [1.29, 1.82) is 0 Å². The zero-order chi connectivity index (χ0) is 18.3. The quantitative estimate of drug-likeness (QED) is 0.859. The smallest absolute Gasteiger partial charge is 0.251 e. The summed E-state index contributed by atoms with van der Waals surface area (Å²) >= 11 is 0. The van der Waals surface area contributed by atoms with Crippen molar-refractivity contribution in [1.82, 2.24) is 9.62 Å². The molecule has 4 unspecified atom stereocenters. The summed E-state index contributed by atoms with van der Waals surface area (Å²) in [5.74, 6) is 2.11. The Bertz CT molecular complexity index is 769. The molecule has 142 valence electrons. The lowest BCUT2D eigenvalue weighted by Crippen LogP contribution is -2.40. The van der Waals surface area contributed by atoms with Crippen LogP contribution in [-0.2, 0) is 10.0 Å². The lowest BCUT2D eigenvalue weighted by molar-refractivity contribution is 0.0915. The van der Waals surface area contributed by atoms with Gasteiger partial charge in [0.15, 0.2) is 0 Å². The van der Waals surface area contributed by atoms with Crippen LogP contribution in [0.2, 0.25) is 0 Å². The molecule has 1 N–H and O–H groups in total. The average molecular weight is 377 g/mol. The molecular weight excluding hydrogens is 348 g/mol. The Morgan fingerprint density at radius 2 is 1.81 bits per heavy atom. The summed E-state index contributed by atoms with van der Waals surface area (Å²) in [5, 5.41) is 3.14. The number of amides is 1. The van der Waals surface area contributed by atoms with Crippen LogP contribution in [0.5, 0.6) is 0 Å². The average Bonchev–Trinajstić information content (AvgIpc) is 3.39. The van der Waals surface area contributed by atoms with Crippen LogP contribution in [0, 0.1) is 17.8 Å². The third kappa shape index (κ3) is 3.29. The van der Waals surface area contributed by atoms with E-state index in [1.54, 1.807) is 24.3 Å². The van der Waals surface area contributed by atoms with E-state index < -0.39 is 10.0 Å². The summed E-state index contributed by atoms with van der Waals surface area (Å²) in [5.41, 5.74) is 0.528. The van der Waals surface area contributed by atoms with Crippen molar-refractivity contribution in [3.05, 3.63) is 29.8 Å². The highest BCUT2D eigenvalue weighted by Gasteiger charge is 2.42. The topological polar surface area (TPSA) is 66.5 Å². The number of sulfonamides is 1. The Morgan fingerprint density at radius 1 is 1.12 bits per heavy atom. The number of hydrogen-bond donors (Lipinski definition) is 1. The first kappa shape index (κ1) is 18.0. The van der Waals surface area contributed by atoms with E-state index in [1.807, 2.05) is 0 Å². The summed E-state index contributed by atoms with van der Waals surface area (Å²) in [6.07, 6.45) is 7.06. The van der Waals surface area contributed by atoms with Gasteiger partial charge < -0.3 is 5.32 Å². The summed E-state index contributed by atoms with van der Waals surface area (Å²) in [6, 6.07) is 6.55. The molecule has 26 heavy (non-hydrogen) atoms. The van der Waals surface area contributed by atoms with Gasteiger partial charge in [-0.05, 0) is 81.0 Å². The molecule has 4 rings (SSSR count). The maximum atomic E-state index is 12.6. The minimum absolute atomic E-state index is 0.106. The van der Waals surface area contributed by atoms with E-state index in [0.717, 1.165) is 24.7 Å². The predicted molar refractivity (Wildman–Crippen MR) is 100 cm³/mol. The van der Waals surface area contributed by atoms with Crippen molar-refractivity contribution in [2.45, 2.75) is 56.4 Å². The van der Waals surface area contributed by atoms with Crippen molar-refractivity contribution in [2.75, 3.05) is 13.1 Å². The molecule has 0 spiro atoms. The number of fused-ring (bicyclic) bond motifs is 2. The van der Waals surface area contributed by atoms with Gasteiger partial charge in [0.2, 0.25) is 10.0 Å². The Kier molecular flexibility index (Phi) is 4.82. The molecule has 1 amide bonds. The second kappa shape index (κ2) is 6.97. The van der Waals surface area contributed by atoms with Gasteiger partial charge in [0.25, 0.3) is 5.91 Å². The molecule has 2 saturated carbocycles. The number of nitrogens with one attached hydrogen (secondary N) is 1. The van der Waals surface area contributed by atoms with Crippen LogP contribution in [0.4, 0.5) is 0 Å². The summed E-state index contributed by atoms with van der Waals surface area (Å²) < 4.78 is 26.7. The van der Waals surface area contributed by atoms with Gasteiger partial charge in [0, 0.05) is 24.7 Å². The van der Waals surface area contributed by atoms with E-state index in [9.17, 15) is 13.2 Å². The van der Waals surface area contributed by atoms with Gasteiger partial charge in [-0.2, -0.15) is 4.31 Å². The standard InChI is InChI=1S/C20H28N2O3S/c1-14(19-13-15-4-5-17(19)12-15)21-20(23)16-6-8-18(9-7-16)26(24,25)22-10-2-3-11-22/h6-9,14-15,17,19H,2-5,10-13H2,1H3,(H,21,23). The zero-order valence-electron chi connectivity index (χ0n) is 15.4. The molecule has 6 heteroatoms. The number of rotatable bonds is 5. The summed E-state index contributed by atoms with van der Waals surface area (Å²) in [4.78, 5) is 12.8. The highest BCUT2D eigenvalue weighted by atomic mass is 32.2. The second-order valence-electron chi connectivity index (χ2n) is 8.24. The predicted octanol–water partition coefficient (Wildman–Crippen LogP) is 3.03. The van der Waals surface area contributed by atoms with E-state index >= 15 is 0 Å². The van der Waals surface area contributed by atoms with Crippen molar-refractivity contribution >= 4 is 15.9 Å². The molecule has 1 aromatic carbocycles. The minimum atomic E-state index is -3.42. The number of carbonyl (C=O) groups excluding carboxylic acids is 1. The zero-order valence-corrected chi connectivity index (χ0v) is 16.2. The van der Waals surface area contributed by atoms with E-state index in [4.69, 9.17) is 0 Å². The van der Waals surface area contributed by atoms with Gasteiger partial charge in [-0.15, -0.1) is 0 Å². The minimum Gasteiger partial charge on any atom is -0.349 e. The van der Waals surface area contributed by atoms with Crippen LogP contribution in [-0.4, -0.2) is 37.8 Å². The molecule has 1 heterocycles. The molecular formula is C20H28N2O3S. The van der Waals surface area contributed by atoms with Gasteiger partial charge in [0.1, 0.15) is 0 Å². The van der Waals surface area contributed by atoms with E-state index in [0.29, 0.717) is 24.6 Å². The third-order valence-corrected chi connectivity index (χ3v) is 8.53. The monoisotopic (exact) mass is 376 g/mol. The molecule has 0 aromatic heterocycles. The van der Waals surface area contributed by atoms with Crippen molar-refractivity contribution < 1.29 is 13.2 Å². The summed E-state index contributed by atoms with van der Waals surface area (Å²) in [6.45, 7) is 3.28. The van der Waals surface area contributed by atoms with Gasteiger partial charge >= 0.3 is 0 Å². The van der Waals surface area contributed by atoms with Crippen molar-refractivity contribution in [2.24, 2.45) is 17.8 Å². The molecule has 5 nitrogen and oxygen atoms in total. The Morgan fingerprint density at radius 3 is 2.38 bits per heavy atom. The van der Waals surface area contributed by atoms with Crippen LogP contribution >= 0.6 is 0 Å². The van der Waals surface area contributed by atoms with E-state index in [1.165, 1.54) is 30.0 Å². The SMILES string of the molecule is CC(NC(=O)c1ccc(S(=O)(=O)N2CCCC2)cc1)C1CC2CCC1C2. The number of carbonyl (C=O) groups is 1. The fourth-order valence-electron chi connectivity index (χ4n) is 5.16. The van der Waals surface area contributed by atoms with E-state index in [-0.39, 0.29) is 16.8 Å². The first-order valence-corrected chi connectivity index (χ1v) is 11.3. The Balaban J connectivity index is 1.41. The van der Waals surface area contributed by atoms with Gasteiger partial charge in [-0.1, -0.05) is 6.42 Å². The van der Waals surface area contributed by atoms with Crippen molar-refractivity contribution in [3.8, 4) is 0 Å². The fourth-order valence-corrected chi connectivity index (χ4v) is 6.68. The fraction of sp³-hybridized carbons (Fsp3) is 0.650. The maximum absolute atomic E-state index is 12.6. The molecule has 2 aliphatic carbocycles. The van der Waals surface area contributed by atoms with E-state index in [2.05, 4.69) is 12.2 Å². The molecule has 1 aromatic rings. The molecule has 3 aliphatic rings. The van der Waals surface area contributed by atoms with Gasteiger partial charge in [-0.25, -0.2) is 8.42 Å². The summed E-state index contributed by atoms with van der Waals surface area (Å²) in [7, 11) is -3.42. The Hall–Kier alpha value is -1.40. The molecule has 1 aliphatic heterocycles.